The van der Waals surface area contributed by atoms with Gasteiger partial charge in [-0.05, 0) is 49.6 Å². The zero-order valence-corrected chi connectivity index (χ0v) is 18.2. The number of nitrogens with one attached hydrogen (secondary N) is 1. The fraction of sp³-hybridized carbons (Fsp3) is 0.318. The third-order valence-corrected chi connectivity index (χ3v) is 6.00. The van der Waals surface area contributed by atoms with Crippen molar-refractivity contribution in [2.75, 3.05) is 6.61 Å². The molecule has 9 heteroatoms. The topological polar surface area (TPSA) is 102 Å². The smallest absolute Gasteiger partial charge is 0.326 e. The Morgan fingerprint density at radius 2 is 2.00 bits per heavy atom. The van der Waals surface area contributed by atoms with Crippen molar-refractivity contribution in [1.29, 1.82) is 0 Å². The summed E-state index contributed by atoms with van der Waals surface area (Å²) in [5, 5.41) is 13.0. The van der Waals surface area contributed by atoms with Crippen LogP contribution in [0.5, 0.6) is 0 Å². The van der Waals surface area contributed by atoms with Crippen LogP contribution in [0, 0.1) is 0 Å². The number of ether oxygens (including phenoxy) is 1. The summed E-state index contributed by atoms with van der Waals surface area (Å²) >= 11 is 12.5. The number of aliphatic carboxylic acids is 1. The van der Waals surface area contributed by atoms with Gasteiger partial charge in [-0.1, -0.05) is 35.3 Å². The molecule has 1 saturated heterocycles. The molecule has 7 nitrogen and oxygen atoms in total. The number of carboxylic acid groups (broad SMARTS) is 1. The fourth-order valence-corrected chi connectivity index (χ4v) is 4.17. The number of halogens is 2. The molecule has 162 valence electrons. The number of fused-ring (bicyclic) bond motifs is 1. The van der Waals surface area contributed by atoms with Crippen LogP contribution in [-0.2, 0) is 20.7 Å². The molecule has 0 radical (unpaired) electrons. The van der Waals surface area contributed by atoms with Crippen molar-refractivity contribution in [3.8, 4) is 11.5 Å². The van der Waals surface area contributed by atoms with Crippen LogP contribution >= 0.6 is 23.2 Å². The predicted octanol–water partition coefficient (Wildman–Crippen LogP) is 4.48. The summed E-state index contributed by atoms with van der Waals surface area (Å²) in [6.07, 6.45) is 1.41. The Morgan fingerprint density at radius 3 is 2.65 bits per heavy atom. The van der Waals surface area contributed by atoms with E-state index in [-0.39, 0.29) is 12.3 Å². The van der Waals surface area contributed by atoms with E-state index in [1.165, 1.54) is 0 Å². The van der Waals surface area contributed by atoms with Gasteiger partial charge in [0.1, 0.15) is 17.2 Å². The average Bonchev–Trinajstić information content (AvgIpc) is 3.34. The summed E-state index contributed by atoms with van der Waals surface area (Å²) in [6, 6.07) is 9.18. The first-order valence-electron chi connectivity index (χ1n) is 9.78. The molecule has 0 saturated carbocycles. The number of benzene rings is 2. The van der Waals surface area contributed by atoms with Gasteiger partial charge < -0.3 is 19.6 Å². The molecule has 0 spiro atoms. The van der Waals surface area contributed by atoms with Crippen molar-refractivity contribution in [1.82, 2.24) is 10.3 Å². The Labute approximate surface area is 188 Å². The number of oxazole rings is 1. The molecule has 1 aromatic heterocycles. The number of carboxylic acids is 1. The zero-order valence-electron chi connectivity index (χ0n) is 16.7. The Bertz CT molecular complexity index is 1130. The van der Waals surface area contributed by atoms with Gasteiger partial charge in [0.05, 0.1) is 15.6 Å². The fourth-order valence-electron chi connectivity index (χ4n) is 3.61. The zero-order chi connectivity index (χ0) is 22.2. The number of rotatable bonds is 6. The SMILES string of the molecule is C[C@]1(C(=O)N[C@@H](Cc2ccc3oc(-c4c(Cl)cccc4Cl)nc3c2)C(=O)O)CCCO1. The van der Waals surface area contributed by atoms with Crippen molar-refractivity contribution >= 4 is 46.2 Å². The van der Waals surface area contributed by atoms with Gasteiger partial charge >= 0.3 is 5.97 Å². The molecule has 1 amide bonds. The molecular formula is C22H20Cl2N2O5. The van der Waals surface area contributed by atoms with E-state index in [1.54, 1.807) is 43.3 Å². The van der Waals surface area contributed by atoms with Crippen LogP contribution in [0.15, 0.2) is 40.8 Å². The largest absolute Gasteiger partial charge is 0.480 e. The molecule has 1 fully saturated rings. The quantitative estimate of drug-likeness (QED) is 0.559. The van der Waals surface area contributed by atoms with Crippen molar-refractivity contribution in [3.63, 3.8) is 0 Å². The second-order valence-electron chi connectivity index (χ2n) is 7.67. The molecule has 1 aliphatic heterocycles. The maximum Gasteiger partial charge on any atom is 0.326 e. The van der Waals surface area contributed by atoms with Crippen molar-refractivity contribution < 1.29 is 23.8 Å². The highest BCUT2D eigenvalue weighted by Gasteiger charge is 2.39. The third kappa shape index (κ3) is 4.39. The first-order chi connectivity index (χ1) is 14.8. The Balaban J connectivity index is 1.57. The molecule has 2 heterocycles. The Morgan fingerprint density at radius 1 is 1.26 bits per heavy atom. The molecule has 31 heavy (non-hydrogen) atoms. The van der Waals surface area contributed by atoms with Crippen molar-refractivity contribution in [2.45, 2.75) is 37.8 Å². The molecule has 4 rings (SSSR count). The maximum atomic E-state index is 12.6. The monoisotopic (exact) mass is 462 g/mol. The first kappa shape index (κ1) is 21.6. The van der Waals surface area contributed by atoms with Gasteiger partial charge in [-0.3, -0.25) is 4.79 Å². The highest BCUT2D eigenvalue weighted by molar-refractivity contribution is 6.38. The number of carbonyl (C=O) groups is 2. The van der Waals surface area contributed by atoms with Crippen molar-refractivity contribution in [2.24, 2.45) is 0 Å². The van der Waals surface area contributed by atoms with Gasteiger partial charge in [0, 0.05) is 13.0 Å². The number of amides is 1. The van der Waals surface area contributed by atoms with Crippen LogP contribution in [0.1, 0.15) is 25.3 Å². The van der Waals surface area contributed by atoms with E-state index in [0.29, 0.717) is 45.3 Å². The lowest BCUT2D eigenvalue weighted by molar-refractivity contribution is -0.147. The van der Waals surface area contributed by atoms with E-state index < -0.39 is 23.5 Å². The lowest BCUT2D eigenvalue weighted by Crippen LogP contribution is -2.51. The standard InChI is InChI=1S/C22H20Cl2N2O5/c1-22(8-3-9-30-22)21(29)26-16(20(27)28)11-12-6-7-17-15(10-12)25-19(31-17)18-13(23)4-2-5-14(18)24/h2,4-7,10,16H,3,8-9,11H2,1H3,(H,26,29)(H,27,28)/t16-,22+/m0/s1. The highest BCUT2D eigenvalue weighted by atomic mass is 35.5. The molecule has 2 aromatic carbocycles. The van der Waals surface area contributed by atoms with Gasteiger partial charge in [-0.25, -0.2) is 9.78 Å². The predicted molar refractivity (Wildman–Crippen MR) is 116 cm³/mol. The van der Waals surface area contributed by atoms with Crippen LogP contribution in [0.25, 0.3) is 22.6 Å². The molecule has 2 N–H and O–H groups in total. The first-order valence-corrected chi connectivity index (χ1v) is 10.5. The Kier molecular flexibility index (Phi) is 5.92. The van der Waals surface area contributed by atoms with Gasteiger partial charge in [0.2, 0.25) is 5.89 Å². The summed E-state index contributed by atoms with van der Waals surface area (Å²) in [6.45, 7) is 2.17. The lowest BCUT2D eigenvalue weighted by atomic mass is 10.00. The molecule has 0 aliphatic carbocycles. The summed E-state index contributed by atoms with van der Waals surface area (Å²) in [7, 11) is 0. The number of hydrogen-bond acceptors (Lipinski definition) is 5. The van der Waals surface area contributed by atoms with E-state index in [2.05, 4.69) is 10.3 Å². The summed E-state index contributed by atoms with van der Waals surface area (Å²) < 4.78 is 11.3. The minimum Gasteiger partial charge on any atom is -0.480 e. The minimum atomic E-state index is -1.13. The summed E-state index contributed by atoms with van der Waals surface area (Å²) in [4.78, 5) is 28.8. The molecule has 2 atom stereocenters. The number of aromatic nitrogens is 1. The van der Waals surface area contributed by atoms with Gasteiger partial charge in [0.25, 0.3) is 5.91 Å². The van der Waals surface area contributed by atoms with Gasteiger partial charge in [-0.15, -0.1) is 0 Å². The van der Waals surface area contributed by atoms with Crippen LogP contribution in [0.2, 0.25) is 10.0 Å². The maximum absolute atomic E-state index is 12.6. The van der Waals surface area contributed by atoms with E-state index in [4.69, 9.17) is 32.4 Å². The van der Waals surface area contributed by atoms with Gasteiger partial charge in [-0.2, -0.15) is 0 Å². The second-order valence-corrected chi connectivity index (χ2v) is 8.48. The third-order valence-electron chi connectivity index (χ3n) is 5.37. The highest BCUT2D eigenvalue weighted by Crippen LogP contribution is 2.35. The summed E-state index contributed by atoms with van der Waals surface area (Å²) in [5.74, 6) is -1.27. The molecule has 0 unspecified atom stereocenters. The minimum absolute atomic E-state index is 0.0855. The van der Waals surface area contributed by atoms with Crippen LogP contribution in [0.4, 0.5) is 0 Å². The normalized spacial score (nSPS) is 19.5. The number of carbonyl (C=O) groups excluding carboxylic acids is 1. The Hall–Kier alpha value is -2.61. The number of nitrogens with zero attached hydrogens (tertiary/aromatic N) is 1. The summed E-state index contributed by atoms with van der Waals surface area (Å²) in [5.41, 5.74) is 1.22. The van der Waals surface area contributed by atoms with Crippen LogP contribution < -0.4 is 5.32 Å². The average molecular weight is 463 g/mol. The van der Waals surface area contributed by atoms with Crippen molar-refractivity contribution in [3.05, 3.63) is 52.0 Å². The van der Waals surface area contributed by atoms with E-state index in [0.717, 1.165) is 6.42 Å². The molecule has 3 aromatic rings. The van der Waals surface area contributed by atoms with Crippen LogP contribution in [-0.4, -0.2) is 40.2 Å². The van der Waals surface area contributed by atoms with E-state index in [9.17, 15) is 14.7 Å². The molecule has 1 aliphatic rings. The van der Waals surface area contributed by atoms with Gasteiger partial charge in [0.15, 0.2) is 5.58 Å². The van der Waals surface area contributed by atoms with Crippen LogP contribution in [0.3, 0.4) is 0 Å². The second kappa shape index (κ2) is 8.49. The lowest BCUT2D eigenvalue weighted by Gasteiger charge is -2.24. The number of hydrogen-bond donors (Lipinski definition) is 2. The van der Waals surface area contributed by atoms with E-state index in [1.807, 2.05) is 0 Å². The van der Waals surface area contributed by atoms with E-state index >= 15 is 0 Å². The molecular weight excluding hydrogens is 443 g/mol. The molecule has 0 bridgehead atoms.